The van der Waals surface area contributed by atoms with Gasteiger partial charge >= 0.3 is 6.16 Å². The van der Waals surface area contributed by atoms with Gasteiger partial charge in [-0.2, -0.15) is 0 Å². The van der Waals surface area contributed by atoms with E-state index in [4.69, 9.17) is 0 Å². The van der Waals surface area contributed by atoms with Gasteiger partial charge in [0, 0.05) is 6.21 Å². The van der Waals surface area contributed by atoms with Crippen LogP contribution < -0.4 is 0 Å². The predicted octanol–water partition coefficient (Wildman–Crippen LogP) is 0.775. The lowest BCUT2D eigenvalue weighted by molar-refractivity contribution is 0.0758. The molecule has 0 aliphatic rings. The zero-order valence-corrected chi connectivity index (χ0v) is 4.75. The molecule has 0 aromatic heterocycles. The lowest BCUT2D eigenvalue weighted by atomic mass is 10.9. The quantitative estimate of drug-likeness (QED) is 0.220. The highest BCUT2D eigenvalue weighted by Gasteiger charge is 1.94. The highest BCUT2D eigenvalue weighted by atomic mass is 16.8. The van der Waals surface area contributed by atoms with E-state index in [9.17, 15) is 4.79 Å². The molecule has 0 saturated heterocycles. The Hall–Kier alpha value is -1.06. The Morgan fingerprint density at radius 2 is 2.38 bits per heavy atom. The van der Waals surface area contributed by atoms with Gasteiger partial charge < -0.3 is 4.74 Å². The maximum absolute atomic E-state index is 10.0. The van der Waals surface area contributed by atoms with Crippen molar-refractivity contribution in [2.75, 3.05) is 7.11 Å². The summed E-state index contributed by atoms with van der Waals surface area (Å²) >= 11 is 0. The van der Waals surface area contributed by atoms with Crippen LogP contribution in [0.3, 0.4) is 0 Å². The van der Waals surface area contributed by atoms with Gasteiger partial charge in [-0.25, -0.2) is 4.79 Å². The Balaban J connectivity index is 3.25. The van der Waals surface area contributed by atoms with Crippen molar-refractivity contribution >= 4 is 12.4 Å². The molecule has 0 aliphatic heterocycles. The number of carbonyl (C=O) groups is 1. The van der Waals surface area contributed by atoms with Gasteiger partial charge in [0.15, 0.2) is 0 Å². The van der Waals surface area contributed by atoms with Crippen LogP contribution in [-0.2, 0) is 9.57 Å². The van der Waals surface area contributed by atoms with Gasteiger partial charge in [0.1, 0.15) is 0 Å². The predicted molar refractivity (Wildman–Crippen MR) is 27.7 cm³/mol. The molecule has 8 heavy (non-hydrogen) atoms. The summed E-state index contributed by atoms with van der Waals surface area (Å²) in [6.45, 7) is 1.63. The zero-order chi connectivity index (χ0) is 6.41. The number of methoxy groups -OCH3 is 1. The van der Waals surface area contributed by atoms with Crippen LogP contribution in [0.25, 0.3) is 0 Å². The molecule has 4 nitrogen and oxygen atoms in total. The fourth-order valence-corrected chi connectivity index (χ4v) is 0.133. The molecular formula is C4H7NO3. The number of rotatable bonds is 1. The first kappa shape index (κ1) is 6.94. The summed E-state index contributed by atoms with van der Waals surface area (Å²) in [4.78, 5) is 14.1. The van der Waals surface area contributed by atoms with E-state index >= 15 is 0 Å². The molecule has 0 heterocycles. The van der Waals surface area contributed by atoms with Gasteiger partial charge in [-0.05, 0) is 6.92 Å². The van der Waals surface area contributed by atoms with Crippen LogP contribution in [0.4, 0.5) is 4.79 Å². The summed E-state index contributed by atoms with van der Waals surface area (Å²) in [5.41, 5.74) is 0. The first-order valence-electron chi connectivity index (χ1n) is 2.04. The van der Waals surface area contributed by atoms with Crippen molar-refractivity contribution in [2.24, 2.45) is 5.16 Å². The smallest absolute Gasteiger partial charge is 0.436 e. The van der Waals surface area contributed by atoms with E-state index in [1.165, 1.54) is 13.3 Å². The minimum Gasteiger partial charge on any atom is -0.436 e. The Morgan fingerprint density at radius 1 is 1.75 bits per heavy atom. The lowest BCUT2D eigenvalue weighted by Gasteiger charge is -1.89. The summed E-state index contributed by atoms with van der Waals surface area (Å²) in [7, 11) is 1.22. The molecule has 0 bridgehead atoms. The highest BCUT2D eigenvalue weighted by Crippen LogP contribution is 1.79. The summed E-state index contributed by atoms with van der Waals surface area (Å²) < 4.78 is 4.08. The molecule has 0 aromatic carbocycles. The minimum atomic E-state index is -0.803. The molecule has 0 rings (SSSR count). The molecule has 0 aromatic rings. The molecule has 0 N–H and O–H groups in total. The van der Waals surface area contributed by atoms with Crippen molar-refractivity contribution in [3.63, 3.8) is 0 Å². The van der Waals surface area contributed by atoms with Crippen molar-refractivity contribution in [3.8, 4) is 0 Å². The second kappa shape index (κ2) is 4.11. The number of oxime groups is 1. The van der Waals surface area contributed by atoms with E-state index in [1.54, 1.807) is 6.92 Å². The SMILES string of the molecule is CC=NOC(=O)OC. The van der Waals surface area contributed by atoms with Gasteiger partial charge in [0.2, 0.25) is 0 Å². The van der Waals surface area contributed by atoms with Crippen LogP contribution in [0, 0.1) is 0 Å². The topological polar surface area (TPSA) is 47.9 Å². The van der Waals surface area contributed by atoms with Crippen molar-refractivity contribution in [1.29, 1.82) is 0 Å². The number of hydrogen-bond acceptors (Lipinski definition) is 4. The van der Waals surface area contributed by atoms with Crippen molar-refractivity contribution < 1.29 is 14.4 Å². The van der Waals surface area contributed by atoms with Crippen molar-refractivity contribution in [3.05, 3.63) is 0 Å². The second-order valence-corrected chi connectivity index (χ2v) is 0.909. The lowest BCUT2D eigenvalue weighted by Crippen LogP contribution is -1.97. The van der Waals surface area contributed by atoms with Crippen LogP contribution in [0.15, 0.2) is 5.16 Å². The van der Waals surface area contributed by atoms with Gasteiger partial charge in [-0.15, -0.1) is 0 Å². The van der Waals surface area contributed by atoms with Crippen LogP contribution in [0.5, 0.6) is 0 Å². The van der Waals surface area contributed by atoms with Crippen molar-refractivity contribution in [2.45, 2.75) is 6.92 Å². The monoisotopic (exact) mass is 117 g/mol. The van der Waals surface area contributed by atoms with Gasteiger partial charge in [-0.1, -0.05) is 5.16 Å². The molecule has 0 atom stereocenters. The second-order valence-electron chi connectivity index (χ2n) is 0.909. The van der Waals surface area contributed by atoms with Gasteiger partial charge in [0.25, 0.3) is 0 Å². The molecule has 0 amide bonds. The van der Waals surface area contributed by atoms with Crippen LogP contribution in [0.2, 0.25) is 0 Å². The Bertz CT molecular complexity index is 99.5. The molecule has 4 heteroatoms. The zero-order valence-electron chi connectivity index (χ0n) is 4.75. The normalized spacial score (nSPS) is 9.25. The van der Waals surface area contributed by atoms with Crippen molar-refractivity contribution in [1.82, 2.24) is 0 Å². The fraction of sp³-hybridized carbons (Fsp3) is 0.500. The minimum absolute atomic E-state index is 0.803. The van der Waals surface area contributed by atoms with Crippen LogP contribution >= 0.6 is 0 Å². The summed E-state index contributed by atoms with van der Waals surface area (Å²) in [6.07, 6.45) is 0.541. The number of carbonyl (C=O) groups excluding carboxylic acids is 1. The standard InChI is InChI=1S/C4H7NO3/c1-3-5-8-4(6)7-2/h3H,1-2H3. The van der Waals surface area contributed by atoms with Crippen LogP contribution in [-0.4, -0.2) is 19.5 Å². The van der Waals surface area contributed by atoms with E-state index in [0.717, 1.165) is 0 Å². The van der Waals surface area contributed by atoms with E-state index in [0.29, 0.717) is 0 Å². The molecule has 46 valence electrons. The molecule has 0 fully saturated rings. The molecule has 0 unspecified atom stereocenters. The Morgan fingerprint density at radius 3 is 2.75 bits per heavy atom. The summed E-state index contributed by atoms with van der Waals surface area (Å²) in [6, 6.07) is 0. The Kier molecular flexibility index (Phi) is 3.56. The van der Waals surface area contributed by atoms with E-state index in [-0.39, 0.29) is 0 Å². The number of nitrogens with zero attached hydrogens (tertiary/aromatic N) is 1. The maximum atomic E-state index is 10.0. The van der Waals surface area contributed by atoms with Gasteiger partial charge in [0.05, 0.1) is 7.11 Å². The Labute approximate surface area is 47.1 Å². The van der Waals surface area contributed by atoms with Gasteiger partial charge in [-0.3, -0.25) is 4.84 Å². The third kappa shape index (κ3) is 3.14. The third-order valence-corrected chi connectivity index (χ3v) is 0.399. The average molecular weight is 117 g/mol. The van der Waals surface area contributed by atoms with E-state index < -0.39 is 6.16 Å². The number of hydrogen-bond donors (Lipinski definition) is 0. The van der Waals surface area contributed by atoms with Crippen LogP contribution in [0.1, 0.15) is 6.92 Å². The van der Waals surface area contributed by atoms with E-state index in [1.807, 2.05) is 0 Å². The molecule has 0 spiro atoms. The first-order valence-corrected chi connectivity index (χ1v) is 2.04. The summed E-state index contributed by atoms with van der Waals surface area (Å²) in [5.74, 6) is 0. The molecular weight excluding hydrogens is 110 g/mol. The first-order chi connectivity index (χ1) is 3.81. The third-order valence-electron chi connectivity index (χ3n) is 0.399. The highest BCUT2D eigenvalue weighted by molar-refractivity contribution is 5.61. The largest absolute Gasteiger partial charge is 0.534 e. The molecule has 0 saturated carbocycles. The molecule has 0 radical (unpaired) electrons. The maximum Gasteiger partial charge on any atom is 0.534 e. The summed E-state index contributed by atoms with van der Waals surface area (Å²) in [5, 5.41) is 3.14. The fourth-order valence-electron chi connectivity index (χ4n) is 0.133. The average Bonchev–Trinajstić information content (AvgIpc) is 1.83. The number of ether oxygens (including phenoxy) is 1. The van der Waals surface area contributed by atoms with E-state index in [2.05, 4.69) is 14.7 Å². The molecule has 0 aliphatic carbocycles.